The van der Waals surface area contributed by atoms with E-state index in [0.717, 1.165) is 38.5 Å². The predicted octanol–water partition coefficient (Wildman–Crippen LogP) is 5.53. The predicted molar refractivity (Wildman–Crippen MR) is 111 cm³/mol. The number of aromatic nitrogens is 2. The molecule has 0 spiro atoms. The highest BCUT2D eigenvalue weighted by Crippen LogP contribution is 2.34. The topological polar surface area (TPSA) is 66.2 Å². The van der Waals surface area contributed by atoms with Crippen molar-refractivity contribution >= 4 is 21.7 Å². The Balaban J connectivity index is 1.87. The van der Waals surface area contributed by atoms with E-state index >= 15 is 0 Å². The molecule has 0 aliphatic carbocycles. The smallest absolute Gasteiger partial charge is 0.160 e. The fourth-order valence-corrected chi connectivity index (χ4v) is 3.47. The van der Waals surface area contributed by atoms with Crippen LogP contribution in [0.5, 0.6) is 11.5 Å². The molecule has 0 saturated heterocycles. The molecule has 0 atom stereocenters. The van der Waals surface area contributed by atoms with Crippen LogP contribution in [-0.4, -0.2) is 20.2 Å². The maximum atomic E-state index is 9.69. The molecule has 1 heterocycles. The largest absolute Gasteiger partial charge is 0.508 e. The third-order valence-corrected chi connectivity index (χ3v) is 4.85. The van der Waals surface area contributed by atoms with Crippen LogP contribution in [-0.2, 0) is 0 Å². The Labute approximate surface area is 161 Å². The number of nitrogens with zero attached hydrogens (tertiary/aromatic N) is 2. The van der Waals surface area contributed by atoms with Crippen LogP contribution in [0.4, 0.5) is 0 Å². The highest BCUT2D eigenvalue weighted by molar-refractivity contribution is 6.12. The Morgan fingerprint density at radius 1 is 0.571 bits per heavy atom. The van der Waals surface area contributed by atoms with Crippen LogP contribution < -0.4 is 0 Å². The first kappa shape index (κ1) is 16.3. The van der Waals surface area contributed by atoms with E-state index in [1.165, 1.54) is 0 Å². The van der Waals surface area contributed by atoms with Crippen LogP contribution in [0.2, 0.25) is 0 Å². The molecule has 1 aromatic heterocycles. The molecule has 0 amide bonds. The van der Waals surface area contributed by atoms with E-state index in [1.54, 1.807) is 36.4 Å². The minimum Gasteiger partial charge on any atom is -0.508 e. The minimum atomic E-state index is 0.203. The number of hydrogen-bond acceptors (Lipinski definition) is 4. The summed E-state index contributed by atoms with van der Waals surface area (Å²) in [4.78, 5) is 9.66. The first-order valence-electron chi connectivity index (χ1n) is 8.97. The van der Waals surface area contributed by atoms with Gasteiger partial charge in [0, 0.05) is 16.5 Å². The van der Waals surface area contributed by atoms with Gasteiger partial charge in [0.1, 0.15) is 11.5 Å². The molecule has 0 unspecified atom stereocenters. The summed E-state index contributed by atoms with van der Waals surface area (Å²) in [5.74, 6) is 1.01. The molecule has 2 N–H and O–H groups in total. The third-order valence-electron chi connectivity index (χ3n) is 4.85. The maximum absolute atomic E-state index is 9.69. The zero-order valence-corrected chi connectivity index (χ0v) is 14.9. The molecule has 4 nitrogen and oxygen atoms in total. The van der Waals surface area contributed by atoms with E-state index in [1.807, 2.05) is 30.3 Å². The zero-order chi connectivity index (χ0) is 19.1. The monoisotopic (exact) mass is 364 g/mol. The number of fused-ring (bicyclic) bond motifs is 3. The number of aromatic hydroxyl groups is 2. The molecule has 0 aliphatic rings. The molecule has 4 aromatic carbocycles. The third kappa shape index (κ3) is 2.72. The van der Waals surface area contributed by atoms with E-state index in [-0.39, 0.29) is 11.5 Å². The fraction of sp³-hybridized carbons (Fsp3) is 0. The number of phenols is 2. The van der Waals surface area contributed by atoms with Gasteiger partial charge >= 0.3 is 0 Å². The molecule has 0 saturated carbocycles. The van der Waals surface area contributed by atoms with Gasteiger partial charge in [0.15, 0.2) is 5.82 Å². The van der Waals surface area contributed by atoms with Gasteiger partial charge in [-0.1, -0.05) is 30.3 Å². The summed E-state index contributed by atoms with van der Waals surface area (Å²) >= 11 is 0. The van der Waals surface area contributed by atoms with Crippen molar-refractivity contribution in [3.8, 4) is 34.1 Å². The van der Waals surface area contributed by atoms with Gasteiger partial charge in [-0.25, -0.2) is 9.97 Å². The van der Waals surface area contributed by atoms with E-state index in [2.05, 4.69) is 18.2 Å². The van der Waals surface area contributed by atoms with Gasteiger partial charge in [-0.2, -0.15) is 0 Å². The molecule has 0 bridgehead atoms. The van der Waals surface area contributed by atoms with Crippen LogP contribution >= 0.6 is 0 Å². The molecule has 0 radical (unpaired) electrons. The highest BCUT2D eigenvalue weighted by Gasteiger charge is 2.14. The SMILES string of the molecule is Oc1ccc(-c2nc(-c3ccc(O)cc3)c3c(ccc4ccccc43)n2)cc1. The Morgan fingerprint density at radius 3 is 1.93 bits per heavy atom. The second kappa shape index (κ2) is 6.35. The summed E-state index contributed by atoms with van der Waals surface area (Å²) < 4.78 is 0. The molecule has 5 rings (SSSR count). The van der Waals surface area contributed by atoms with Gasteiger partial charge in [0.2, 0.25) is 0 Å². The maximum Gasteiger partial charge on any atom is 0.160 e. The van der Waals surface area contributed by atoms with Crippen molar-refractivity contribution in [3.63, 3.8) is 0 Å². The molecular formula is C24H16N2O2. The van der Waals surface area contributed by atoms with Crippen molar-refractivity contribution < 1.29 is 10.2 Å². The Morgan fingerprint density at radius 2 is 1.21 bits per heavy atom. The van der Waals surface area contributed by atoms with E-state index < -0.39 is 0 Å². The number of phenolic OH excluding ortho intramolecular Hbond substituents is 2. The molecule has 5 aromatic rings. The summed E-state index contributed by atoms with van der Waals surface area (Å²) in [5.41, 5.74) is 3.39. The highest BCUT2D eigenvalue weighted by atomic mass is 16.3. The van der Waals surface area contributed by atoms with E-state index in [0.29, 0.717) is 5.82 Å². The van der Waals surface area contributed by atoms with Crippen molar-refractivity contribution in [3.05, 3.63) is 84.9 Å². The Hall–Kier alpha value is -3.92. The van der Waals surface area contributed by atoms with Crippen molar-refractivity contribution in [2.45, 2.75) is 0 Å². The number of hydrogen-bond donors (Lipinski definition) is 2. The first-order chi connectivity index (χ1) is 13.7. The lowest BCUT2D eigenvalue weighted by Crippen LogP contribution is -1.96. The van der Waals surface area contributed by atoms with Crippen molar-refractivity contribution in [2.75, 3.05) is 0 Å². The molecule has 134 valence electrons. The normalized spacial score (nSPS) is 11.1. The second-order valence-electron chi connectivity index (χ2n) is 6.67. The summed E-state index contributed by atoms with van der Waals surface area (Å²) in [6.07, 6.45) is 0. The number of benzene rings is 4. The Kier molecular flexibility index (Phi) is 3.69. The standard InChI is InChI=1S/C24H16N2O2/c27-18-10-5-16(6-11-18)23-22-20-4-2-1-3-15(20)9-14-21(22)25-24(26-23)17-7-12-19(28)13-8-17/h1-14,27-28H. The van der Waals surface area contributed by atoms with Crippen LogP contribution in [0, 0.1) is 0 Å². The average molecular weight is 364 g/mol. The fourth-order valence-electron chi connectivity index (χ4n) is 3.47. The van der Waals surface area contributed by atoms with Gasteiger partial charge in [0.05, 0.1) is 11.2 Å². The van der Waals surface area contributed by atoms with Gasteiger partial charge in [-0.05, 0) is 65.4 Å². The van der Waals surface area contributed by atoms with E-state index in [9.17, 15) is 10.2 Å². The minimum absolute atomic E-state index is 0.203. The summed E-state index contributed by atoms with van der Waals surface area (Å²) in [6.45, 7) is 0. The lowest BCUT2D eigenvalue weighted by molar-refractivity contribution is 0.475. The average Bonchev–Trinajstić information content (AvgIpc) is 2.74. The molecule has 0 fully saturated rings. The van der Waals surface area contributed by atoms with Crippen LogP contribution in [0.25, 0.3) is 44.3 Å². The summed E-state index contributed by atoms with van der Waals surface area (Å²) in [7, 11) is 0. The second-order valence-corrected chi connectivity index (χ2v) is 6.67. The van der Waals surface area contributed by atoms with Gasteiger partial charge in [-0.15, -0.1) is 0 Å². The summed E-state index contributed by atoms with van der Waals surface area (Å²) in [6, 6.07) is 26.1. The first-order valence-corrected chi connectivity index (χ1v) is 8.97. The van der Waals surface area contributed by atoms with Crippen LogP contribution in [0.1, 0.15) is 0 Å². The van der Waals surface area contributed by atoms with Crippen LogP contribution in [0.3, 0.4) is 0 Å². The van der Waals surface area contributed by atoms with Gasteiger partial charge < -0.3 is 10.2 Å². The van der Waals surface area contributed by atoms with Gasteiger partial charge in [-0.3, -0.25) is 0 Å². The van der Waals surface area contributed by atoms with Crippen molar-refractivity contribution in [1.29, 1.82) is 0 Å². The van der Waals surface area contributed by atoms with Gasteiger partial charge in [0.25, 0.3) is 0 Å². The Bertz CT molecular complexity index is 1310. The quantitative estimate of drug-likeness (QED) is 0.404. The zero-order valence-electron chi connectivity index (χ0n) is 14.9. The molecule has 4 heteroatoms. The lowest BCUT2D eigenvalue weighted by atomic mass is 9.99. The van der Waals surface area contributed by atoms with Crippen molar-refractivity contribution in [1.82, 2.24) is 9.97 Å². The number of rotatable bonds is 2. The molecular weight excluding hydrogens is 348 g/mol. The van der Waals surface area contributed by atoms with Crippen molar-refractivity contribution in [2.24, 2.45) is 0 Å². The summed E-state index contributed by atoms with van der Waals surface area (Å²) in [5, 5.41) is 22.5. The van der Waals surface area contributed by atoms with E-state index in [4.69, 9.17) is 9.97 Å². The molecule has 0 aliphatic heterocycles. The molecule has 28 heavy (non-hydrogen) atoms. The lowest BCUT2D eigenvalue weighted by Gasteiger charge is -2.12. The van der Waals surface area contributed by atoms with Crippen LogP contribution in [0.15, 0.2) is 84.9 Å².